The Morgan fingerprint density at radius 1 is 1.46 bits per heavy atom. The monoisotopic (exact) mass is 178 g/mol. The summed E-state index contributed by atoms with van der Waals surface area (Å²) in [5.74, 6) is 0.785. The van der Waals surface area contributed by atoms with Crippen LogP contribution in [0.3, 0.4) is 0 Å². The summed E-state index contributed by atoms with van der Waals surface area (Å²) in [6.45, 7) is 0.493. The highest BCUT2D eigenvalue weighted by atomic mass is 16.3. The van der Waals surface area contributed by atoms with Crippen LogP contribution < -0.4 is 5.69 Å². The van der Waals surface area contributed by atoms with Gasteiger partial charge in [-0.15, -0.1) is 0 Å². The zero-order valence-corrected chi connectivity index (χ0v) is 7.30. The molecule has 2 rings (SSSR count). The Kier molecular flexibility index (Phi) is 1.81. The molecule has 0 radical (unpaired) electrons. The van der Waals surface area contributed by atoms with Crippen LogP contribution in [-0.2, 0) is 13.6 Å². The lowest BCUT2D eigenvalue weighted by molar-refractivity contribution is 0.488. The van der Waals surface area contributed by atoms with Crippen molar-refractivity contribution in [2.24, 2.45) is 7.05 Å². The normalized spacial score (nSPS) is 10.5. The van der Waals surface area contributed by atoms with Gasteiger partial charge in [0.25, 0.3) is 0 Å². The molecule has 0 saturated carbocycles. The second-order valence-corrected chi connectivity index (χ2v) is 2.90. The molecule has 2 aromatic heterocycles. The fraction of sp³-hybridized carbons (Fsp3) is 0.222. The van der Waals surface area contributed by atoms with Gasteiger partial charge < -0.3 is 8.98 Å². The van der Waals surface area contributed by atoms with Crippen LogP contribution in [0.2, 0.25) is 0 Å². The Morgan fingerprint density at radius 3 is 2.85 bits per heavy atom. The van der Waals surface area contributed by atoms with E-state index in [0.29, 0.717) is 6.54 Å². The number of hydrogen-bond donors (Lipinski definition) is 0. The third-order valence-corrected chi connectivity index (χ3v) is 1.92. The molecule has 0 saturated heterocycles. The molecule has 4 heteroatoms. The third kappa shape index (κ3) is 1.42. The van der Waals surface area contributed by atoms with E-state index in [-0.39, 0.29) is 5.69 Å². The van der Waals surface area contributed by atoms with Gasteiger partial charge in [0, 0.05) is 19.4 Å². The van der Waals surface area contributed by atoms with Gasteiger partial charge in [0.2, 0.25) is 0 Å². The zero-order valence-electron chi connectivity index (χ0n) is 7.30. The first kappa shape index (κ1) is 7.91. The van der Waals surface area contributed by atoms with Gasteiger partial charge in [0.1, 0.15) is 5.76 Å². The van der Waals surface area contributed by atoms with Gasteiger partial charge in [0.05, 0.1) is 12.8 Å². The summed E-state index contributed by atoms with van der Waals surface area (Å²) in [5.41, 5.74) is -0.0311. The molecule has 0 unspecified atom stereocenters. The smallest absolute Gasteiger partial charge is 0.328 e. The van der Waals surface area contributed by atoms with E-state index < -0.39 is 0 Å². The molecule has 0 aliphatic heterocycles. The Labute approximate surface area is 75.0 Å². The van der Waals surface area contributed by atoms with E-state index in [9.17, 15) is 4.79 Å². The lowest BCUT2D eigenvalue weighted by atomic mass is 10.4. The maximum Gasteiger partial charge on any atom is 0.328 e. The van der Waals surface area contributed by atoms with Crippen LogP contribution in [0.25, 0.3) is 0 Å². The Morgan fingerprint density at radius 2 is 2.31 bits per heavy atom. The second-order valence-electron chi connectivity index (χ2n) is 2.90. The molecule has 0 N–H and O–H groups in total. The molecule has 2 aromatic rings. The van der Waals surface area contributed by atoms with Crippen LogP contribution in [-0.4, -0.2) is 9.13 Å². The van der Waals surface area contributed by atoms with E-state index >= 15 is 0 Å². The average molecular weight is 178 g/mol. The van der Waals surface area contributed by atoms with Crippen LogP contribution in [0.15, 0.2) is 40.0 Å². The van der Waals surface area contributed by atoms with E-state index in [1.807, 2.05) is 12.1 Å². The molecule has 13 heavy (non-hydrogen) atoms. The topological polar surface area (TPSA) is 40.1 Å². The minimum absolute atomic E-state index is 0.0311. The first-order valence-corrected chi connectivity index (χ1v) is 4.01. The maximum atomic E-state index is 11.4. The van der Waals surface area contributed by atoms with Crippen molar-refractivity contribution in [3.63, 3.8) is 0 Å². The van der Waals surface area contributed by atoms with Gasteiger partial charge in [-0.05, 0) is 12.1 Å². The van der Waals surface area contributed by atoms with E-state index in [2.05, 4.69) is 0 Å². The minimum Gasteiger partial charge on any atom is -0.467 e. The fourth-order valence-corrected chi connectivity index (χ4v) is 1.20. The highest BCUT2D eigenvalue weighted by molar-refractivity contribution is 4.99. The number of imidazole rings is 1. The minimum atomic E-state index is -0.0311. The quantitative estimate of drug-likeness (QED) is 0.683. The Hall–Kier alpha value is -1.71. The van der Waals surface area contributed by atoms with Crippen LogP contribution >= 0.6 is 0 Å². The highest BCUT2D eigenvalue weighted by Gasteiger charge is 2.01. The summed E-state index contributed by atoms with van der Waals surface area (Å²) in [6, 6.07) is 3.66. The molecule has 0 aliphatic carbocycles. The SMILES string of the molecule is Cn1ccn(Cc2ccco2)c1=O. The van der Waals surface area contributed by atoms with E-state index in [4.69, 9.17) is 4.42 Å². The molecule has 0 fully saturated rings. The predicted molar refractivity (Wildman–Crippen MR) is 47.5 cm³/mol. The van der Waals surface area contributed by atoms with Gasteiger partial charge in [-0.1, -0.05) is 0 Å². The molecular formula is C9H10N2O2. The lowest BCUT2D eigenvalue weighted by Gasteiger charge is -1.95. The summed E-state index contributed by atoms with van der Waals surface area (Å²) < 4.78 is 8.26. The lowest BCUT2D eigenvalue weighted by Crippen LogP contribution is -2.22. The van der Waals surface area contributed by atoms with Crippen LogP contribution in [0.4, 0.5) is 0 Å². The van der Waals surface area contributed by atoms with Crippen molar-refractivity contribution in [2.75, 3.05) is 0 Å². The summed E-state index contributed by atoms with van der Waals surface area (Å²) in [7, 11) is 1.72. The Bertz CT molecular complexity index is 436. The molecular weight excluding hydrogens is 168 g/mol. The molecule has 0 aromatic carbocycles. The van der Waals surface area contributed by atoms with Crippen molar-refractivity contribution in [1.29, 1.82) is 0 Å². The van der Waals surface area contributed by atoms with Crippen molar-refractivity contribution in [1.82, 2.24) is 9.13 Å². The molecule has 0 bridgehead atoms. The van der Waals surface area contributed by atoms with E-state index in [1.54, 1.807) is 30.3 Å². The largest absolute Gasteiger partial charge is 0.467 e. The summed E-state index contributed by atoms with van der Waals surface area (Å²) in [4.78, 5) is 11.4. The fourth-order valence-electron chi connectivity index (χ4n) is 1.20. The summed E-state index contributed by atoms with van der Waals surface area (Å²) in [5, 5.41) is 0. The summed E-state index contributed by atoms with van der Waals surface area (Å²) in [6.07, 6.45) is 5.07. The highest BCUT2D eigenvalue weighted by Crippen LogP contribution is 2.00. The van der Waals surface area contributed by atoms with Gasteiger partial charge in [-0.3, -0.25) is 4.57 Å². The Balaban J connectivity index is 2.29. The first-order chi connectivity index (χ1) is 6.27. The molecule has 0 aliphatic rings. The zero-order chi connectivity index (χ0) is 9.26. The molecule has 0 atom stereocenters. The van der Waals surface area contributed by atoms with Crippen molar-refractivity contribution < 1.29 is 4.42 Å². The van der Waals surface area contributed by atoms with Crippen molar-refractivity contribution >= 4 is 0 Å². The van der Waals surface area contributed by atoms with Crippen molar-refractivity contribution in [2.45, 2.75) is 6.54 Å². The van der Waals surface area contributed by atoms with Gasteiger partial charge in [-0.25, -0.2) is 4.79 Å². The molecule has 68 valence electrons. The van der Waals surface area contributed by atoms with Crippen LogP contribution in [0.1, 0.15) is 5.76 Å². The number of aryl methyl sites for hydroxylation is 1. The molecule has 0 amide bonds. The standard InChI is InChI=1S/C9H10N2O2/c1-10-4-5-11(9(10)12)7-8-3-2-6-13-8/h2-6H,7H2,1H3. The molecule has 4 nitrogen and oxygen atoms in total. The number of rotatable bonds is 2. The van der Waals surface area contributed by atoms with Crippen molar-refractivity contribution in [3.05, 3.63) is 47.0 Å². The number of furan rings is 1. The number of hydrogen-bond acceptors (Lipinski definition) is 2. The third-order valence-electron chi connectivity index (χ3n) is 1.92. The van der Waals surface area contributed by atoms with Gasteiger partial charge in [-0.2, -0.15) is 0 Å². The molecule has 2 heterocycles. The maximum absolute atomic E-state index is 11.4. The van der Waals surface area contributed by atoms with Gasteiger partial charge >= 0.3 is 5.69 Å². The van der Waals surface area contributed by atoms with E-state index in [1.165, 1.54) is 4.57 Å². The van der Waals surface area contributed by atoms with Gasteiger partial charge in [0.15, 0.2) is 0 Å². The second kappa shape index (κ2) is 2.97. The number of aromatic nitrogens is 2. The number of nitrogens with zero attached hydrogens (tertiary/aromatic N) is 2. The van der Waals surface area contributed by atoms with Crippen LogP contribution in [0, 0.1) is 0 Å². The van der Waals surface area contributed by atoms with Crippen molar-refractivity contribution in [3.8, 4) is 0 Å². The summed E-state index contributed by atoms with van der Waals surface area (Å²) >= 11 is 0. The first-order valence-electron chi connectivity index (χ1n) is 4.01. The van der Waals surface area contributed by atoms with E-state index in [0.717, 1.165) is 5.76 Å². The average Bonchev–Trinajstić information content (AvgIpc) is 2.71. The van der Waals surface area contributed by atoms with Crippen LogP contribution in [0.5, 0.6) is 0 Å². The molecule has 0 spiro atoms. The predicted octanol–water partition coefficient (Wildman–Crippen LogP) is 0.828.